The first kappa shape index (κ1) is 26.7. The zero-order chi connectivity index (χ0) is 29.5. The highest BCUT2D eigenvalue weighted by Crippen LogP contribution is 2.39. The van der Waals surface area contributed by atoms with Crippen molar-refractivity contribution in [2.24, 2.45) is 4.40 Å². The van der Waals surface area contributed by atoms with Gasteiger partial charge in [-0.3, -0.25) is 5.41 Å². The van der Waals surface area contributed by atoms with Gasteiger partial charge in [0.15, 0.2) is 5.82 Å². The highest BCUT2D eigenvalue weighted by atomic mass is 32.1. The second-order valence-corrected chi connectivity index (χ2v) is 10.9. The van der Waals surface area contributed by atoms with E-state index in [-0.39, 0.29) is 5.71 Å². The molecule has 2 aromatic heterocycles. The van der Waals surface area contributed by atoms with Crippen LogP contribution in [0, 0.1) is 19.3 Å². The van der Waals surface area contributed by atoms with E-state index in [4.69, 9.17) is 15.0 Å². The maximum absolute atomic E-state index is 9.40. The van der Waals surface area contributed by atoms with Crippen LogP contribution < -0.4 is 0 Å². The molecule has 0 saturated heterocycles. The Kier molecular flexibility index (Phi) is 6.76. The third-order valence-electron chi connectivity index (χ3n) is 7.77. The summed E-state index contributed by atoms with van der Waals surface area (Å²) in [5, 5.41) is 10.3. The summed E-state index contributed by atoms with van der Waals surface area (Å²) in [5.41, 5.74) is 11.4. The number of nitrogens with zero attached hydrogens (tertiary/aromatic N) is 4. The van der Waals surface area contributed by atoms with Crippen molar-refractivity contribution in [1.29, 1.82) is 5.41 Å². The molecule has 4 aromatic carbocycles. The normalized spacial score (nSPS) is 13.7. The minimum Gasteiger partial charge on any atom is -0.298 e. The van der Waals surface area contributed by atoms with E-state index in [0.717, 1.165) is 55.7 Å². The molecule has 6 aromatic rings. The number of hydrogen-bond acceptors (Lipinski definition) is 6. The van der Waals surface area contributed by atoms with Gasteiger partial charge in [-0.25, -0.2) is 19.3 Å². The monoisotopic (exact) mass is 573 g/mol. The van der Waals surface area contributed by atoms with Crippen molar-refractivity contribution in [3.8, 4) is 33.9 Å². The van der Waals surface area contributed by atoms with Crippen LogP contribution in [0.15, 0.2) is 114 Å². The first-order valence-electron chi connectivity index (χ1n) is 14.1. The molecule has 0 unspecified atom stereocenters. The average molecular weight is 574 g/mol. The van der Waals surface area contributed by atoms with E-state index in [9.17, 15) is 5.41 Å². The molecule has 1 aliphatic carbocycles. The van der Waals surface area contributed by atoms with Crippen LogP contribution in [0.25, 0.3) is 56.5 Å². The fraction of sp³-hybridized carbons (Fsp3) is 0.0541. The molecule has 0 saturated carbocycles. The van der Waals surface area contributed by atoms with Gasteiger partial charge in [0.1, 0.15) is 5.71 Å². The third kappa shape index (κ3) is 4.86. The number of allylic oxidation sites excluding steroid dienone is 1. The van der Waals surface area contributed by atoms with Gasteiger partial charge in [-0.05, 0) is 44.9 Å². The summed E-state index contributed by atoms with van der Waals surface area (Å²) in [6.45, 7) is 4.13. The Morgan fingerprint density at radius 2 is 1.28 bits per heavy atom. The maximum Gasteiger partial charge on any atom is 0.160 e. The highest BCUT2D eigenvalue weighted by molar-refractivity contribution is 7.79. The highest BCUT2D eigenvalue weighted by Gasteiger charge is 2.30. The van der Waals surface area contributed by atoms with Gasteiger partial charge in [-0.15, -0.1) is 0 Å². The average Bonchev–Trinajstić information content (AvgIpc) is 3.05. The smallest absolute Gasteiger partial charge is 0.160 e. The molecule has 0 fully saturated rings. The van der Waals surface area contributed by atoms with E-state index in [2.05, 4.69) is 79.6 Å². The van der Waals surface area contributed by atoms with Crippen molar-refractivity contribution < 1.29 is 0 Å². The van der Waals surface area contributed by atoms with Crippen molar-refractivity contribution in [3.63, 3.8) is 0 Å². The molecule has 0 radical (unpaired) electrons. The standard InChI is InChI=1S/C37H27N5S/c1-22-12-16-24(17-13-22)31-21-32(41-37(40-31)26-18-14-23(2)15-19-26)28-20-29-33(36(42-43)34(28)38)27-10-6-7-11-30(27)39-35(29)25-8-4-3-5-9-25/h3-21,38,43H,1-2H3. The van der Waals surface area contributed by atoms with Crippen LogP contribution in [0.4, 0.5) is 0 Å². The number of para-hydroxylation sites is 1. The Bertz CT molecular complexity index is 2030. The zero-order valence-electron chi connectivity index (χ0n) is 23.7. The molecule has 1 aliphatic rings. The van der Waals surface area contributed by atoms with E-state index >= 15 is 0 Å². The summed E-state index contributed by atoms with van der Waals surface area (Å²) in [5.74, 6) is 0.594. The second kappa shape index (κ2) is 10.9. The van der Waals surface area contributed by atoms with E-state index in [1.807, 2.05) is 66.7 Å². The predicted octanol–water partition coefficient (Wildman–Crippen LogP) is 8.85. The minimum atomic E-state index is 0.251. The lowest BCUT2D eigenvalue weighted by molar-refractivity contribution is 1.16. The van der Waals surface area contributed by atoms with Crippen LogP contribution in [-0.2, 0) is 0 Å². The molecule has 0 spiro atoms. The Morgan fingerprint density at radius 1 is 0.651 bits per heavy atom. The van der Waals surface area contributed by atoms with Gasteiger partial charge in [0.05, 0.1) is 28.3 Å². The molecule has 0 bridgehead atoms. The SMILES string of the molecule is Cc1ccc(-c2cc(C3=Cc4c(-c5ccccc5)nc5ccccc5c4C(=NS)C3=N)nc(-c3ccc(C)cc3)n2)cc1. The number of aromatic nitrogens is 3. The lowest BCUT2D eigenvalue weighted by Gasteiger charge is -2.23. The molecular weight excluding hydrogens is 547 g/mol. The number of thiol groups is 1. The second-order valence-electron chi connectivity index (χ2n) is 10.7. The van der Waals surface area contributed by atoms with E-state index < -0.39 is 0 Å². The van der Waals surface area contributed by atoms with Gasteiger partial charge >= 0.3 is 0 Å². The quantitative estimate of drug-likeness (QED) is 0.207. The maximum atomic E-state index is 9.40. The summed E-state index contributed by atoms with van der Waals surface area (Å²) in [4.78, 5) is 15.1. The summed E-state index contributed by atoms with van der Waals surface area (Å²) in [7, 11) is 0. The molecule has 43 heavy (non-hydrogen) atoms. The number of benzene rings is 4. The Hall–Kier alpha value is -5.20. The van der Waals surface area contributed by atoms with Crippen LogP contribution in [-0.4, -0.2) is 26.4 Å². The number of fused-ring (bicyclic) bond motifs is 3. The molecule has 0 amide bonds. The molecule has 1 N–H and O–H groups in total. The van der Waals surface area contributed by atoms with Gasteiger partial charge in [-0.2, -0.15) is 0 Å². The van der Waals surface area contributed by atoms with Crippen molar-refractivity contribution in [3.05, 3.63) is 137 Å². The van der Waals surface area contributed by atoms with E-state index in [0.29, 0.717) is 22.8 Å². The third-order valence-corrected chi connectivity index (χ3v) is 7.97. The van der Waals surface area contributed by atoms with Gasteiger partial charge in [-0.1, -0.05) is 108 Å². The molecule has 5 nitrogen and oxygen atoms in total. The number of pyridine rings is 1. The predicted molar refractivity (Wildman–Crippen MR) is 181 cm³/mol. The Morgan fingerprint density at radius 3 is 1.98 bits per heavy atom. The Labute approximate surface area is 255 Å². The molecule has 0 atom stereocenters. The van der Waals surface area contributed by atoms with Crippen molar-refractivity contribution >= 4 is 46.8 Å². The molecule has 206 valence electrons. The molecule has 0 aliphatic heterocycles. The van der Waals surface area contributed by atoms with Crippen molar-refractivity contribution in [2.75, 3.05) is 0 Å². The first-order valence-corrected chi connectivity index (χ1v) is 14.5. The lowest BCUT2D eigenvalue weighted by atomic mass is 9.83. The van der Waals surface area contributed by atoms with Gasteiger partial charge in [0.2, 0.25) is 0 Å². The summed E-state index contributed by atoms with van der Waals surface area (Å²) in [6, 6.07) is 36.5. The number of nitrogens with one attached hydrogen (secondary N) is 1. The minimum absolute atomic E-state index is 0.251. The summed E-state index contributed by atoms with van der Waals surface area (Å²) >= 11 is 4.39. The fourth-order valence-corrected chi connectivity index (χ4v) is 5.70. The van der Waals surface area contributed by atoms with Crippen LogP contribution in [0.3, 0.4) is 0 Å². The van der Waals surface area contributed by atoms with Crippen molar-refractivity contribution in [2.45, 2.75) is 13.8 Å². The van der Waals surface area contributed by atoms with Crippen molar-refractivity contribution in [1.82, 2.24) is 15.0 Å². The lowest BCUT2D eigenvalue weighted by Crippen LogP contribution is -2.23. The van der Waals surface area contributed by atoms with Crippen LogP contribution in [0.1, 0.15) is 27.9 Å². The zero-order valence-corrected chi connectivity index (χ0v) is 24.6. The largest absolute Gasteiger partial charge is 0.298 e. The van der Waals surface area contributed by atoms with E-state index in [1.54, 1.807) is 0 Å². The first-order chi connectivity index (χ1) is 21.0. The number of rotatable bonds is 4. The van der Waals surface area contributed by atoms with E-state index in [1.165, 1.54) is 5.56 Å². The summed E-state index contributed by atoms with van der Waals surface area (Å²) in [6.07, 6.45) is 2.03. The topological polar surface area (TPSA) is 74.9 Å². The number of aryl methyl sites for hydroxylation is 2. The molecule has 2 heterocycles. The van der Waals surface area contributed by atoms with Crippen LogP contribution in [0.5, 0.6) is 0 Å². The van der Waals surface area contributed by atoms with Crippen LogP contribution >= 0.6 is 12.8 Å². The molecule has 7 rings (SSSR count). The molecule has 6 heteroatoms. The Balaban J connectivity index is 1.52. The van der Waals surface area contributed by atoms with Gasteiger partial charge in [0.25, 0.3) is 0 Å². The van der Waals surface area contributed by atoms with Gasteiger partial charge in [0, 0.05) is 38.8 Å². The van der Waals surface area contributed by atoms with Gasteiger partial charge < -0.3 is 0 Å². The molecular formula is C37H27N5S. The van der Waals surface area contributed by atoms with Crippen LogP contribution in [0.2, 0.25) is 0 Å². The fourth-order valence-electron chi connectivity index (χ4n) is 5.50. The summed E-state index contributed by atoms with van der Waals surface area (Å²) < 4.78 is 4.39. The number of hydrogen-bond donors (Lipinski definition) is 2.